The van der Waals surface area contributed by atoms with Crippen LogP contribution in [0.2, 0.25) is 0 Å². The van der Waals surface area contributed by atoms with Gasteiger partial charge in [0, 0.05) is 23.4 Å². The number of anilines is 1. The highest BCUT2D eigenvalue weighted by molar-refractivity contribution is 9.10. The van der Waals surface area contributed by atoms with Crippen LogP contribution < -0.4 is 10.6 Å². The van der Waals surface area contributed by atoms with Crippen LogP contribution in [0.4, 0.5) is 10.1 Å². The Labute approximate surface area is 128 Å². The molecule has 0 aliphatic heterocycles. The molecular formula is C14H11BrFN3O2. The van der Waals surface area contributed by atoms with Crippen LogP contribution in [0.3, 0.4) is 0 Å². The van der Waals surface area contributed by atoms with E-state index in [1.807, 2.05) is 0 Å². The molecule has 0 aliphatic carbocycles. The molecule has 21 heavy (non-hydrogen) atoms. The fraction of sp³-hybridized carbons (Fsp3) is 0.0714. The van der Waals surface area contributed by atoms with Gasteiger partial charge in [0.25, 0.3) is 0 Å². The summed E-state index contributed by atoms with van der Waals surface area (Å²) in [4.78, 5) is 27.2. The number of carbonyl (C=O) groups excluding carboxylic acids is 2. The second kappa shape index (κ2) is 6.94. The van der Waals surface area contributed by atoms with Gasteiger partial charge in [-0.25, -0.2) is 4.39 Å². The molecule has 1 aromatic carbocycles. The van der Waals surface area contributed by atoms with Crippen molar-refractivity contribution in [3.05, 3.63) is 58.6 Å². The smallest absolute Gasteiger partial charge is 0.313 e. The maximum absolute atomic E-state index is 13.5. The lowest BCUT2D eigenvalue weighted by atomic mass is 10.3. The third kappa shape index (κ3) is 4.35. The van der Waals surface area contributed by atoms with Gasteiger partial charge in [-0.2, -0.15) is 0 Å². The number of halogens is 2. The highest BCUT2D eigenvalue weighted by Crippen LogP contribution is 2.19. The zero-order valence-electron chi connectivity index (χ0n) is 10.8. The van der Waals surface area contributed by atoms with Gasteiger partial charge in [0.05, 0.1) is 5.69 Å². The molecule has 2 aromatic rings. The molecule has 0 unspecified atom stereocenters. The fourth-order valence-electron chi connectivity index (χ4n) is 1.54. The number of amides is 2. The molecule has 1 aromatic heterocycles. The Morgan fingerprint density at radius 2 is 2.05 bits per heavy atom. The first-order valence-corrected chi connectivity index (χ1v) is 6.78. The monoisotopic (exact) mass is 351 g/mol. The zero-order valence-corrected chi connectivity index (χ0v) is 12.4. The van der Waals surface area contributed by atoms with Crippen molar-refractivity contribution in [2.45, 2.75) is 6.54 Å². The fourth-order valence-corrected chi connectivity index (χ4v) is 1.87. The number of benzene rings is 1. The summed E-state index contributed by atoms with van der Waals surface area (Å²) in [5, 5.41) is 4.64. The first-order valence-electron chi connectivity index (χ1n) is 5.99. The van der Waals surface area contributed by atoms with Crippen LogP contribution in [-0.4, -0.2) is 16.8 Å². The van der Waals surface area contributed by atoms with Crippen molar-refractivity contribution >= 4 is 33.4 Å². The van der Waals surface area contributed by atoms with Crippen LogP contribution in [0.5, 0.6) is 0 Å². The summed E-state index contributed by atoms with van der Waals surface area (Å²) in [6.45, 7) is 0.170. The van der Waals surface area contributed by atoms with Gasteiger partial charge >= 0.3 is 11.8 Å². The van der Waals surface area contributed by atoms with E-state index in [-0.39, 0.29) is 12.2 Å². The number of aromatic nitrogens is 1. The molecule has 7 heteroatoms. The third-order valence-electron chi connectivity index (χ3n) is 2.56. The van der Waals surface area contributed by atoms with Crippen LogP contribution in [0.25, 0.3) is 0 Å². The second-order valence-electron chi connectivity index (χ2n) is 4.12. The summed E-state index contributed by atoms with van der Waals surface area (Å²) in [5.41, 5.74) is 0.702. The molecule has 5 nitrogen and oxygen atoms in total. The normalized spacial score (nSPS) is 10.0. The maximum atomic E-state index is 13.5. The van der Waals surface area contributed by atoms with E-state index in [1.54, 1.807) is 30.6 Å². The lowest BCUT2D eigenvalue weighted by Crippen LogP contribution is -2.35. The summed E-state index contributed by atoms with van der Waals surface area (Å²) < 4.78 is 14.1. The first-order chi connectivity index (χ1) is 10.1. The summed E-state index contributed by atoms with van der Waals surface area (Å²) in [6, 6.07) is 7.61. The van der Waals surface area contributed by atoms with Gasteiger partial charge < -0.3 is 10.6 Å². The first kappa shape index (κ1) is 15.1. The standard InChI is InChI=1S/C14H11BrFN3O2/c15-10-3-4-12(11(16)6-10)19-14(21)13(20)18-8-9-2-1-5-17-7-9/h1-7H,8H2,(H,18,20)(H,19,21). The topological polar surface area (TPSA) is 71.1 Å². The van der Waals surface area contributed by atoms with Crippen molar-refractivity contribution < 1.29 is 14.0 Å². The molecule has 0 aliphatic rings. The molecule has 0 atom stereocenters. The van der Waals surface area contributed by atoms with E-state index in [0.29, 0.717) is 4.47 Å². The summed E-state index contributed by atoms with van der Waals surface area (Å²) in [7, 11) is 0. The average Bonchev–Trinajstić information content (AvgIpc) is 2.48. The molecule has 108 valence electrons. The van der Waals surface area contributed by atoms with Gasteiger partial charge in [-0.3, -0.25) is 14.6 Å². The van der Waals surface area contributed by atoms with Crippen LogP contribution in [-0.2, 0) is 16.1 Å². The Kier molecular flexibility index (Phi) is 4.99. The van der Waals surface area contributed by atoms with E-state index in [2.05, 4.69) is 31.5 Å². The van der Waals surface area contributed by atoms with Crippen molar-refractivity contribution in [1.29, 1.82) is 0 Å². The molecule has 0 spiro atoms. The Balaban J connectivity index is 1.92. The Hall–Kier alpha value is -2.28. The number of hydrogen-bond acceptors (Lipinski definition) is 3. The molecule has 0 radical (unpaired) electrons. The van der Waals surface area contributed by atoms with E-state index in [4.69, 9.17) is 0 Å². The van der Waals surface area contributed by atoms with Gasteiger partial charge in [-0.15, -0.1) is 0 Å². The highest BCUT2D eigenvalue weighted by atomic mass is 79.9. The maximum Gasteiger partial charge on any atom is 0.313 e. The highest BCUT2D eigenvalue weighted by Gasteiger charge is 2.15. The quantitative estimate of drug-likeness (QED) is 0.833. The predicted octanol–water partition coefficient (Wildman–Crippen LogP) is 2.24. The van der Waals surface area contributed by atoms with Crippen LogP contribution in [0.15, 0.2) is 47.2 Å². The lowest BCUT2D eigenvalue weighted by molar-refractivity contribution is -0.136. The molecular weight excluding hydrogens is 341 g/mol. The largest absolute Gasteiger partial charge is 0.344 e. The van der Waals surface area contributed by atoms with Gasteiger partial charge in [0.15, 0.2) is 0 Å². The van der Waals surface area contributed by atoms with Crippen molar-refractivity contribution in [2.24, 2.45) is 0 Å². The zero-order chi connectivity index (χ0) is 15.2. The van der Waals surface area contributed by atoms with Gasteiger partial charge in [0.2, 0.25) is 0 Å². The minimum Gasteiger partial charge on any atom is -0.344 e. The minimum atomic E-state index is -0.930. The van der Waals surface area contributed by atoms with Crippen LogP contribution in [0.1, 0.15) is 5.56 Å². The van der Waals surface area contributed by atoms with Crippen molar-refractivity contribution in [3.63, 3.8) is 0 Å². The summed E-state index contributed by atoms with van der Waals surface area (Å²) in [5.74, 6) is -2.40. The number of carbonyl (C=O) groups is 2. The van der Waals surface area contributed by atoms with Gasteiger partial charge in [-0.1, -0.05) is 22.0 Å². The van der Waals surface area contributed by atoms with Crippen molar-refractivity contribution in [3.8, 4) is 0 Å². The van der Waals surface area contributed by atoms with Gasteiger partial charge in [0.1, 0.15) is 5.82 Å². The average molecular weight is 352 g/mol. The molecule has 0 bridgehead atoms. The van der Waals surface area contributed by atoms with E-state index in [9.17, 15) is 14.0 Å². The molecule has 1 heterocycles. The molecule has 2 rings (SSSR count). The SMILES string of the molecule is O=C(NCc1cccnc1)C(=O)Nc1ccc(Br)cc1F. The molecule has 2 amide bonds. The number of hydrogen-bond donors (Lipinski definition) is 2. The van der Waals surface area contributed by atoms with Crippen LogP contribution in [0, 0.1) is 5.82 Å². The van der Waals surface area contributed by atoms with E-state index >= 15 is 0 Å². The number of nitrogens with zero attached hydrogens (tertiary/aromatic N) is 1. The number of rotatable bonds is 3. The summed E-state index contributed by atoms with van der Waals surface area (Å²) >= 11 is 3.10. The van der Waals surface area contributed by atoms with Crippen molar-refractivity contribution in [2.75, 3.05) is 5.32 Å². The molecule has 0 fully saturated rings. The third-order valence-corrected chi connectivity index (χ3v) is 3.05. The van der Waals surface area contributed by atoms with E-state index < -0.39 is 17.6 Å². The molecule has 0 saturated heterocycles. The van der Waals surface area contributed by atoms with Crippen LogP contribution >= 0.6 is 15.9 Å². The Morgan fingerprint density at radius 3 is 2.71 bits per heavy atom. The van der Waals surface area contributed by atoms with Gasteiger partial charge in [-0.05, 0) is 29.8 Å². The Morgan fingerprint density at radius 1 is 1.24 bits per heavy atom. The second-order valence-corrected chi connectivity index (χ2v) is 5.04. The van der Waals surface area contributed by atoms with E-state index in [0.717, 1.165) is 5.56 Å². The Bertz CT molecular complexity index is 665. The van der Waals surface area contributed by atoms with Crippen molar-refractivity contribution in [1.82, 2.24) is 10.3 Å². The summed E-state index contributed by atoms with van der Waals surface area (Å²) in [6.07, 6.45) is 3.18. The van der Waals surface area contributed by atoms with E-state index in [1.165, 1.54) is 12.1 Å². The number of nitrogens with one attached hydrogen (secondary N) is 2. The number of pyridine rings is 1. The lowest BCUT2D eigenvalue weighted by Gasteiger charge is -2.07. The molecule has 0 saturated carbocycles. The molecule has 2 N–H and O–H groups in total. The predicted molar refractivity (Wildman–Crippen MR) is 78.8 cm³/mol. The minimum absolute atomic E-state index is 0.0558.